The zero-order valence-electron chi connectivity index (χ0n) is 9.95. The highest BCUT2D eigenvalue weighted by molar-refractivity contribution is 6.02. The summed E-state index contributed by atoms with van der Waals surface area (Å²) in [5.41, 5.74) is 1.76. The fourth-order valence-electron chi connectivity index (χ4n) is 1.88. The molecular weight excluding hydrogens is 220 g/mol. The first kappa shape index (κ1) is 11.9. The van der Waals surface area contributed by atoms with Gasteiger partial charge in [-0.1, -0.05) is 6.07 Å². The van der Waals surface area contributed by atoms with E-state index >= 15 is 0 Å². The molecule has 1 amide bonds. The second-order valence-electron chi connectivity index (χ2n) is 3.82. The summed E-state index contributed by atoms with van der Waals surface area (Å²) in [7, 11) is 3.24. The van der Waals surface area contributed by atoms with E-state index in [9.17, 15) is 4.79 Å². The number of carbonyl (C=O) groups excluding carboxylic acids is 1. The molecule has 0 aromatic heterocycles. The summed E-state index contributed by atoms with van der Waals surface area (Å²) in [6.07, 6.45) is 0. The predicted octanol–water partition coefficient (Wildman–Crippen LogP) is 0.924. The monoisotopic (exact) mass is 236 g/mol. The smallest absolute Gasteiger partial charge is 0.246 e. The number of carbonyl (C=O) groups is 1. The van der Waals surface area contributed by atoms with Crippen molar-refractivity contribution in [1.29, 1.82) is 0 Å². The fraction of sp³-hybridized carbons (Fsp3) is 0.417. The van der Waals surface area contributed by atoms with Gasteiger partial charge in [-0.3, -0.25) is 10.1 Å². The second kappa shape index (κ2) is 5.16. The molecule has 1 aromatic rings. The number of fused-ring (bicyclic) bond motifs is 1. The van der Waals surface area contributed by atoms with Crippen LogP contribution in [-0.4, -0.2) is 33.3 Å². The maximum atomic E-state index is 11.8. The van der Waals surface area contributed by atoms with Crippen molar-refractivity contribution in [3.8, 4) is 5.75 Å². The average molecular weight is 236 g/mol. The predicted molar refractivity (Wildman–Crippen MR) is 64.2 cm³/mol. The number of hydrogen-bond donors (Lipinski definition) is 2. The minimum Gasteiger partial charge on any atom is -0.497 e. The van der Waals surface area contributed by atoms with Gasteiger partial charge in [0.25, 0.3) is 0 Å². The van der Waals surface area contributed by atoms with Crippen molar-refractivity contribution in [3.63, 3.8) is 0 Å². The van der Waals surface area contributed by atoms with Crippen LogP contribution in [0.1, 0.15) is 11.6 Å². The fourth-order valence-corrected chi connectivity index (χ4v) is 1.88. The van der Waals surface area contributed by atoms with Crippen LogP contribution >= 0.6 is 0 Å². The SMILES string of the molecule is COCCNC1C(=O)Nc2cc(OC)ccc21. The van der Waals surface area contributed by atoms with Crippen LogP contribution in [0, 0.1) is 0 Å². The van der Waals surface area contributed by atoms with Crippen LogP contribution in [0.5, 0.6) is 5.75 Å². The molecule has 5 heteroatoms. The zero-order chi connectivity index (χ0) is 12.3. The molecule has 1 aliphatic heterocycles. The number of methoxy groups -OCH3 is 2. The third kappa shape index (κ3) is 2.40. The standard InChI is InChI=1S/C12H16N2O3/c1-16-6-5-13-11-9-4-3-8(17-2)7-10(9)14-12(11)15/h3-4,7,11,13H,5-6H2,1-2H3,(H,14,15). The van der Waals surface area contributed by atoms with Crippen molar-refractivity contribution in [2.24, 2.45) is 0 Å². The van der Waals surface area contributed by atoms with Crippen molar-refractivity contribution >= 4 is 11.6 Å². The number of anilines is 1. The van der Waals surface area contributed by atoms with Gasteiger partial charge in [0.15, 0.2) is 0 Å². The van der Waals surface area contributed by atoms with Gasteiger partial charge in [0, 0.05) is 31.0 Å². The highest BCUT2D eigenvalue weighted by atomic mass is 16.5. The summed E-state index contributed by atoms with van der Waals surface area (Å²) in [6, 6.07) is 5.28. The number of benzene rings is 1. The molecule has 1 heterocycles. The molecule has 0 bridgehead atoms. The van der Waals surface area contributed by atoms with Crippen molar-refractivity contribution in [3.05, 3.63) is 23.8 Å². The Kier molecular flexibility index (Phi) is 3.61. The normalized spacial score (nSPS) is 17.8. The summed E-state index contributed by atoms with van der Waals surface area (Å²) < 4.78 is 10.1. The Hall–Kier alpha value is -1.59. The number of hydrogen-bond acceptors (Lipinski definition) is 4. The highest BCUT2D eigenvalue weighted by Gasteiger charge is 2.29. The van der Waals surface area contributed by atoms with Crippen LogP contribution in [0.3, 0.4) is 0 Å². The van der Waals surface area contributed by atoms with Crippen LogP contribution in [0.15, 0.2) is 18.2 Å². The highest BCUT2D eigenvalue weighted by Crippen LogP contribution is 2.33. The topological polar surface area (TPSA) is 59.6 Å². The maximum Gasteiger partial charge on any atom is 0.246 e. The van der Waals surface area contributed by atoms with Crippen LogP contribution in [-0.2, 0) is 9.53 Å². The molecule has 2 rings (SSSR count). The first-order valence-corrected chi connectivity index (χ1v) is 5.47. The number of nitrogens with one attached hydrogen (secondary N) is 2. The average Bonchev–Trinajstić information content (AvgIpc) is 2.65. The second-order valence-corrected chi connectivity index (χ2v) is 3.82. The lowest BCUT2D eigenvalue weighted by Gasteiger charge is -2.11. The van der Waals surface area contributed by atoms with Crippen LogP contribution in [0.4, 0.5) is 5.69 Å². The van der Waals surface area contributed by atoms with Crippen molar-refractivity contribution < 1.29 is 14.3 Å². The number of ether oxygens (including phenoxy) is 2. The van der Waals surface area contributed by atoms with E-state index < -0.39 is 0 Å². The molecule has 2 N–H and O–H groups in total. The summed E-state index contributed by atoms with van der Waals surface area (Å²) in [4.78, 5) is 11.8. The largest absolute Gasteiger partial charge is 0.497 e. The lowest BCUT2D eigenvalue weighted by molar-refractivity contribution is -0.117. The Labute approximate surface area is 100 Å². The lowest BCUT2D eigenvalue weighted by atomic mass is 10.1. The van der Waals surface area contributed by atoms with Gasteiger partial charge in [-0.05, 0) is 6.07 Å². The quantitative estimate of drug-likeness (QED) is 0.746. The molecular formula is C12H16N2O3. The molecule has 0 saturated heterocycles. The molecule has 0 saturated carbocycles. The van der Waals surface area contributed by atoms with Crippen molar-refractivity contribution in [2.45, 2.75) is 6.04 Å². The Morgan fingerprint density at radius 1 is 1.41 bits per heavy atom. The van der Waals surface area contributed by atoms with Crippen LogP contribution in [0.25, 0.3) is 0 Å². The first-order chi connectivity index (χ1) is 8.26. The maximum absolute atomic E-state index is 11.8. The molecule has 1 aliphatic rings. The van der Waals surface area contributed by atoms with Gasteiger partial charge in [-0.25, -0.2) is 0 Å². The molecule has 92 valence electrons. The number of amides is 1. The summed E-state index contributed by atoms with van der Waals surface area (Å²) >= 11 is 0. The Bertz CT molecular complexity index is 420. The first-order valence-electron chi connectivity index (χ1n) is 5.47. The van der Waals surface area contributed by atoms with Gasteiger partial charge >= 0.3 is 0 Å². The van der Waals surface area contributed by atoms with Gasteiger partial charge in [0.2, 0.25) is 5.91 Å². The number of rotatable bonds is 5. The molecule has 0 spiro atoms. The molecule has 1 atom stereocenters. The van der Waals surface area contributed by atoms with Crippen molar-refractivity contribution in [1.82, 2.24) is 5.32 Å². The van der Waals surface area contributed by atoms with Gasteiger partial charge in [0.05, 0.1) is 13.7 Å². The van der Waals surface area contributed by atoms with E-state index in [1.165, 1.54) is 0 Å². The Morgan fingerprint density at radius 2 is 2.24 bits per heavy atom. The minimum absolute atomic E-state index is 0.0376. The molecule has 1 aromatic carbocycles. The van der Waals surface area contributed by atoms with Gasteiger partial charge in [0.1, 0.15) is 11.8 Å². The van der Waals surface area contributed by atoms with Gasteiger partial charge < -0.3 is 14.8 Å². The third-order valence-electron chi connectivity index (χ3n) is 2.75. The lowest BCUT2D eigenvalue weighted by Crippen LogP contribution is -2.30. The van der Waals surface area contributed by atoms with Crippen LogP contribution in [0.2, 0.25) is 0 Å². The van der Waals surface area contributed by atoms with E-state index in [2.05, 4.69) is 10.6 Å². The van der Waals surface area contributed by atoms with Crippen molar-refractivity contribution in [2.75, 3.05) is 32.7 Å². The van der Waals surface area contributed by atoms with E-state index in [0.717, 1.165) is 17.0 Å². The van der Waals surface area contributed by atoms with Crippen LogP contribution < -0.4 is 15.4 Å². The summed E-state index contributed by atoms with van der Waals surface area (Å²) in [5.74, 6) is 0.700. The van der Waals surface area contributed by atoms with E-state index in [1.807, 2.05) is 18.2 Å². The summed E-state index contributed by atoms with van der Waals surface area (Å²) in [6.45, 7) is 1.22. The molecule has 17 heavy (non-hydrogen) atoms. The molecule has 0 fully saturated rings. The minimum atomic E-state index is -0.300. The summed E-state index contributed by atoms with van der Waals surface area (Å²) in [5, 5.41) is 5.97. The Balaban J connectivity index is 2.13. The van der Waals surface area contributed by atoms with E-state index in [1.54, 1.807) is 14.2 Å². The van der Waals surface area contributed by atoms with E-state index in [4.69, 9.17) is 9.47 Å². The van der Waals surface area contributed by atoms with Gasteiger partial charge in [-0.2, -0.15) is 0 Å². The van der Waals surface area contributed by atoms with Gasteiger partial charge in [-0.15, -0.1) is 0 Å². The molecule has 1 unspecified atom stereocenters. The Morgan fingerprint density at radius 3 is 2.94 bits per heavy atom. The van der Waals surface area contributed by atoms with E-state index in [-0.39, 0.29) is 11.9 Å². The zero-order valence-corrected chi connectivity index (χ0v) is 9.95. The molecule has 0 aliphatic carbocycles. The molecule has 0 radical (unpaired) electrons. The van der Waals surface area contributed by atoms with E-state index in [0.29, 0.717) is 13.2 Å². The molecule has 5 nitrogen and oxygen atoms in total. The third-order valence-corrected chi connectivity index (χ3v) is 2.75.